The molecule has 1 saturated heterocycles. The Labute approximate surface area is 167 Å². The number of sulfonamides is 1. The minimum Gasteiger partial charge on any atom is -0.328 e. The predicted octanol–water partition coefficient (Wildman–Crippen LogP) is 1.52. The number of carbonyl (C=O) groups is 1. The normalized spacial score (nSPS) is 20.8. The summed E-state index contributed by atoms with van der Waals surface area (Å²) < 4.78 is 24.9. The van der Waals surface area contributed by atoms with Crippen LogP contribution in [0.2, 0.25) is 0 Å². The molecule has 2 aromatic heterocycles. The van der Waals surface area contributed by atoms with Crippen molar-refractivity contribution in [1.82, 2.24) is 19.2 Å². The zero-order chi connectivity index (χ0) is 19.9. The number of aromatic amines is 1. The van der Waals surface area contributed by atoms with Crippen LogP contribution in [-0.4, -0.2) is 52.8 Å². The van der Waals surface area contributed by atoms with Crippen molar-refractivity contribution in [2.45, 2.75) is 38.3 Å². The van der Waals surface area contributed by atoms with E-state index in [1.807, 2.05) is 16.8 Å². The van der Waals surface area contributed by atoms with Gasteiger partial charge in [-0.1, -0.05) is 0 Å². The van der Waals surface area contributed by atoms with Crippen LogP contribution in [0.15, 0.2) is 21.6 Å². The Balaban J connectivity index is 1.66. The molecule has 1 N–H and O–H groups in total. The van der Waals surface area contributed by atoms with Crippen molar-refractivity contribution < 1.29 is 13.2 Å². The van der Waals surface area contributed by atoms with E-state index in [0.717, 1.165) is 25.5 Å². The second-order valence-electron chi connectivity index (χ2n) is 7.25. The fourth-order valence-corrected chi connectivity index (χ4v) is 5.29. The van der Waals surface area contributed by atoms with E-state index in [2.05, 4.69) is 9.97 Å². The third kappa shape index (κ3) is 3.63. The number of aromatic nitrogens is 2. The van der Waals surface area contributed by atoms with Gasteiger partial charge in [0.05, 0.1) is 29.1 Å². The molecule has 28 heavy (non-hydrogen) atoms. The maximum atomic E-state index is 12.9. The van der Waals surface area contributed by atoms with E-state index >= 15 is 0 Å². The molecule has 0 radical (unpaired) electrons. The van der Waals surface area contributed by atoms with Crippen LogP contribution < -0.4 is 5.56 Å². The molecule has 0 unspecified atom stereocenters. The van der Waals surface area contributed by atoms with Gasteiger partial charge in [0, 0.05) is 31.4 Å². The topological polar surface area (TPSA) is 103 Å². The smallest absolute Gasteiger partial charge is 0.255 e. The van der Waals surface area contributed by atoms with Crippen molar-refractivity contribution in [3.8, 4) is 0 Å². The Kier molecular flexibility index (Phi) is 5.11. The number of amides is 1. The van der Waals surface area contributed by atoms with E-state index in [9.17, 15) is 18.0 Å². The van der Waals surface area contributed by atoms with Gasteiger partial charge in [0.2, 0.25) is 10.0 Å². The van der Waals surface area contributed by atoms with E-state index < -0.39 is 10.0 Å². The van der Waals surface area contributed by atoms with Crippen LogP contribution in [0.1, 0.15) is 52.7 Å². The van der Waals surface area contributed by atoms with Gasteiger partial charge in [-0.3, -0.25) is 9.59 Å². The summed E-state index contributed by atoms with van der Waals surface area (Å²) in [4.78, 5) is 34.9. The minimum atomic E-state index is -3.36. The van der Waals surface area contributed by atoms with Gasteiger partial charge in [0.15, 0.2) is 0 Å². The molecule has 0 spiro atoms. The predicted molar refractivity (Wildman–Crippen MR) is 106 cm³/mol. The Hall–Kier alpha value is -2.04. The highest BCUT2D eigenvalue weighted by molar-refractivity contribution is 7.88. The Morgan fingerprint density at radius 1 is 1.32 bits per heavy atom. The highest BCUT2D eigenvalue weighted by Gasteiger charge is 2.33. The average molecular weight is 423 g/mol. The molecule has 1 atom stereocenters. The van der Waals surface area contributed by atoms with Gasteiger partial charge >= 0.3 is 0 Å². The number of likely N-dealkylation sites (tertiary alicyclic amines) is 1. The van der Waals surface area contributed by atoms with Gasteiger partial charge in [-0.2, -0.15) is 15.6 Å². The lowest BCUT2D eigenvalue weighted by Gasteiger charge is -2.35. The third-order valence-electron chi connectivity index (χ3n) is 5.37. The lowest BCUT2D eigenvalue weighted by Crippen LogP contribution is -2.42. The largest absolute Gasteiger partial charge is 0.328 e. The van der Waals surface area contributed by atoms with Crippen molar-refractivity contribution in [2.24, 2.45) is 0 Å². The van der Waals surface area contributed by atoms with E-state index in [1.165, 1.54) is 15.6 Å². The summed E-state index contributed by atoms with van der Waals surface area (Å²) in [6.45, 7) is 0.977. The first kappa shape index (κ1) is 19.3. The number of fused-ring (bicyclic) bond motifs is 1. The molecule has 1 amide bonds. The van der Waals surface area contributed by atoms with Crippen molar-refractivity contribution in [3.05, 3.63) is 49.8 Å². The fourth-order valence-electron chi connectivity index (χ4n) is 3.87. The summed E-state index contributed by atoms with van der Waals surface area (Å²) in [6, 6.07) is 1.54. The summed E-state index contributed by atoms with van der Waals surface area (Å²) in [6.07, 6.45) is 4.16. The Morgan fingerprint density at radius 2 is 2.14 bits per heavy atom. The van der Waals surface area contributed by atoms with E-state index in [0.29, 0.717) is 42.2 Å². The fraction of sp³-hybridized carbons (Fsp3) is 0.500. The molecule has 10 heteroatoms. The van der Waals surface area contributed by atoms with Crippen LogP contribution >= 0.6 is 11.3 Å². The summed E-state index contributed by atoms with van der Waals surface area (Å²) in [5, 5.41) is 3.70. The second kappa shape index (κ2) is 7.41. The van der Waals surface area contributed by atoms with Crippen LogP contribution in [0.25, 0.3) is 0 Å². The summed E-state index contributed by atoms with van der Waals surface area (Å²) in [7, 11) is -3.36. The lowest BCUT2D eigenvalue weighted by atomic mass is 9.99. The monoisotopic (exact) mass is 422 g/mol. The standard InChI is InChI=1S/C18H22N4O4S2/c1-28(25,26)21-8-5-14-13(10-21)17(23)20-16(19-14)15-4-2-3-7-22(15)18(24)12-6-9-27-11-12/h6,9,11,15H,2-5,7-8,10H2,1H3,(H,19,20,23)/t15-/m0/s1. The number of piperidine rings is 1. The molecule has 0 aromatic carbocycles. The van der Waals surface area contributed by atoms with Gasteiger partial charge in [-0.25, -0.2) is 13.4 Å². The van der Waals surface area contributed by atoms with Crippen molar-refractivity contribution in [1.29, 1.82) is 0 Å². The zero-order valence-corrected chi connectivity index (χ0v) is 17.2. The molecule has 0 bridgehead atoms. The van der Waals surface area contributed by atoms with Crippen LogP contribution in [-0.2, 0) is 23.0 Å². The van der Waals surface area contributed by atoms with E-state index in [-0.39, 0.29) is 24.1 Å². The third-order valence-corrected chi connectivity index (χ3v) is 7.30. The number of nitrogens with zero attached hydrogens (tertiary/aromatic N) is 3. The first-order valence-electron chi connectivity index (χ1n) is 9.25. The van der Waals surface area contributed by atoms with Gasteiger partial charge in [-0.05, 0) is 30.7 Å². The van der Waals surface area contributed by atoms with Crippen LogP contribution in [0.4, 0.5) is 0 Å². The van der Waals surface area contributed by atoms with Gasteiger partial charge in [0.25, 0.3) is 11.5 Å². The molecule has 150 valence electrons. The number of H-pyrrole nitrogens is 1. The quantitative estimate of drug-likeness (QED) is 0.808. The molecule has 4 heterocycles. The number of hydrogen-bond acceptors (Lipinski definition) is 6. The average Bonchev–Trinajstić information content (AvgIpc) is 3.21. The molecule has 2 aromatic rings. The maximum Gasteiger partial charge on any atom is 0.255 e. The van der Waals surface area contributed by atoms with Crippen molar-refractivity contribution >= 4 is 27.3 Å². The molecule has 1 fully saturated rings. The number of thiophene rings is 1. The van der Waals surface area contributed by atoms with Gasteiger partial charge in [-0.15, -0.1) is 0 Å². The molecule has 8 nitrogen and oxygen atoms in total. The zero-order valence-electron chi connectivity index (χ0n) is 15.6. The van der Waals surface area contributed by atoms with Crippen molar-refractivity contribution in [2.75, 3.05) is 19.3 Å². The van der Waals surface area contributed by atoms with Crippen LogP contribution in [0.3, 0.4) is 0 Å². The van der Waals surface area contributed by atoms with E-state index in [1.54, 1.807) is 4.90 Å². The molecule has 2 aliphatic rings. The summed E-state index contributed by atoms with van der Waals surface area (Å²) in [5.41, 5.74) is 1.36. The number of hydrogen-bond donors (Lipinski definition) is 1. The van der Waals surface area contributed by atoms with E-state index in [4.69, 9.17) is 0 Å². The van der Waals surface area contributed by atoms with Gasteiger partial charge in [0.1, 0.15) is 5.82 Å². The number of nitrogens with one attached hydrogen (secondary N) is 1. The molecule has 0 aliphatic carbocycles. The molecule has 2 aliphatic heterocycles. The molecule has 4 rings (SSSR count). The Morgan fingerprint density at radius 3 is 2.86 bits per heavy atom. The summed E-state index contributed by atoms with van der Waals surface area (Å²) >= 11 is 1.48. The minimum absolute atomic E-state index is 0.0407. The maximum absolute atomic E-state index is 12.9. The highest BCUT2D eigenvalue weighted by Crippen LogP contribution is 2.31. The lowest BCUT2D eigenvalue weighted by molar-refractivity contribution is 0.0599. The van der Waals surface area contributed by atoms with Gasteiger partial charge < -0.3 is 9.88 Å². The highest BCUT2D eigenvalue weighted by atomic mass is 32.2. The van der Waals surface area contributed by atoms with Crippen LogP contribution in [0, 0.1) is 0 Å². The second-order valence-corrected chi connectivity index (χ2v) is 10.0. The molecular formula is C18H22N4O4S2. The van der Waals surface area contributed by atoms with Crippen molar-refractivity contribution in [3.63, 3.8) is 0 Å². The SMILES string of the molecule is CS(=O)(=O)N1CCc2nc([C@@H]3CCCCN3C(=O)c3ccsc3)[nH]c(=O)c2C1. The van der Waals surface area contributed by atoms with Crippen LogP contribution in [0.5, 0.6) is 0 Å². The molecule has 0 saturated carbocycles. The molecular weight excluding hydrogens is 400 g/mol. The first-order chi connectivity index (χ1) is 13.3. The number of rotatable bonds is 3. The summed E-state index contributed by atoms with van der Waals surface area (Å²) in [5.74, 6) is 0.453. The number of carbonyl (C=O) groups excluding carboxylic acids is 1. The first-order valence-corrected chi connectivity index (χ1v) is 12.0. The Bertz CT molecular complexity index is 1050.